The third-order valence-electron chi connectivity index (χ3n) is 3.12. The van der Waals surface area contributed by atoms with Crippen molar-refractivity contribution in [2.45, 2.75) is 32.7 Å². The highest BCUT2D eigenvalue weighted by atomic mass is 127. The van der Waals surface area contributed by atoms with Crippen molar-refractivity contribution in [1.29, 1.82) is 0 Å². The van der Waals surface area contributed by atoms with E-state index in [1.54, 1.807) is 0 Å². The van der Waals surface area contributed by atoms with E-state index in [-0.39, 0.29) is 47.1 Å². The van der Waals surface area contributed by atoms with Crippen molar-refractivity contribution in [2.24, 2.45) is 16.1 Å². The Hall–Kier alpha value is -1.19. The fourth-order valence-electron chi connectivity index (χ4n) is 1.75. The first kappa shape index (κ1) is 17.9. The lowest BCUT2D eigenvalue weighted by molar-refractivity contribution is -0.274. The van der Waals surface area contributed by atoms with Crippen molar-refractivity contribution in [3.05, 3.63) is 24.3 Å². The molecular weight excluding hydrogens is 398 g/mol. The minimum Gasteiger partial charge on any atom is -0.406 e. The summed E-state index contributed by atoms with van der Waals surface area (Å²) in [6.07, 6.45) is -3.71. The number of ether oxygens (including phenoxy) is 1. The minimum atomic E-state index is -4.69. The zero-order valence-corrected chi connectivity index (χ0v) is 13.9. The summed E-state index contributed by atoms with van der Waals surface area (Å²) in [6.45, 7) is 4.19. The van der Waals surface area contributed by atoms with Gasteiger partial charge in [-0.2, -0.15) is 0 Å². The number of nitrogens with zero attached hydrogens (tertiary/aromatic N) is 1. The topological polar surface area (TPSA) is 59.6 Å². The molecule has 0 heterocycles. The van der Waals surface area contributed by atoms with E-state index in [2.05, 4.69) is 28.9 Å². The van der Waals surface area contributed by atoms with Crippen LogP contribution in [-0.2, 0) is 0 Å². The van der Waals surface area contributed by atoms with Gasteiger partial charge in [0.15, 0.2) is 5.96 Å². The SMILES string of the molecule is CC1(C)CC1N=C(N)Nc1ccc(OC(F)(F)F)cc1.I. The van der Waals surface area contributed by atoms with E-state index in [4.69, 9.17) is 5.73 Å². The molecule has 0 radical (unpaired) electrons. The number of hydrogen-bond donors (Lipinski definition) is 2. The number of alkyl halides is 3. The van der Waals surface area contributed by atoms with Gasteiger partial charge in [-0.3, -0.25) is 0 Å². The summed E-state index contributed by atoms with van der Waals surface area (Å²) in [5, 5.41) is 2.83. The highest BCUT2D eigenvalue weighted by Gasteiger charge is 2.45. The van der Waals surface area contributed by atoms with Crippen molar-refractivity contribution in [1.82, 2.24) is 0 Å². The highest BCUT2D eigenvalue weighted by molar-refractivity contribution is 14.0. The van der Waals surface area contributed by atoms with Gasteiger partial charge in [-0.05, 0) is 36.1 Å². The number of aliphatic imine (C=N–C) groups is 1. The van der Waals surface area contributed by atoms with E-state index in [1.165, 1.54) is 24.3 Å². The zero-order chi connectivity index (χ0) is 15.0. The molecule has 0 spiro atoms. The molecule has 1 atom stereocenters. The maximum Gasteiger partial charge on any atom is 0.573 e. The summed E-state index contributed by atoms with van der Waals surface area (Å²) in [5.74, 6) is -0.0213. The Labute approximate surface area is 138 Å². The molecule has 1 aromatic rings. The third kappa shape index (κ3) is 5.60. The molecule has 1 aromatic carbocycles. The molecule has 1 saturated carbocycles. The van der Waals surface area contributed by atoms with E-state index in [0.717, 1.165) is 6.42 Å². The van der Waals surface area contributed by atoms with E-state index in [9.17, 15) is 13.2 Å². The first-order valence-corrected chi connectivity index (χ1v) is 6.12. The van der Waals surface area contributed by atoms with Crippen LogP contribution in [0, 0.1) is 5.41 Å². The van der Waals surface area contributed by atoms with Crippen LogP contribution in [0.5, 0.6) is 5.75 Å². The van der Waals surface area contributed by atoms with Crippen LogP contribution < -0.4 is 15.8 Å². The van der Waals surface area contributed by atoms with Gasteiger partial charge in [-0.25, -0.2) is 4.99 Å². The zero-order valence-electron chi connectivity index (χ0n) is 11.6. The van der Waals surface area contributed by atoms with Crippen LogP contribution in [0.25, 0.3) is 0 Å². The second kappa shape index (κ2) is 6.29. The molecular formula is C13H17F3IN3O. The van der Waals surface area contributed by atoms with Gasteiger partial charge in [0.05, 0.1) is 6.04 Å². The molecule has 118 valence electrons. The molecule has 1 unspecified atom stereocenters. The molecule has 1 aliphatic carbocycles. The number of rotatable bonds is 3. The number of guanidine groups is 1. The Morgan fingerprint density at radius 2 is 1.86 bits per heavy atom. The van der Waals surface area contributed by atoms with Crippen LogP contribution in [-0.4, -0.2) is 18.4 Å². The predicted octanol–water partition coefficient (Wildman–Crippen LogP) is 3.73. The molecule has 0 aliphatic heterocycles. The molecule has 0 saturated heterocycles. The standard InChI is InChI=1S/C13H16F3N3O.HI/c1-12(2)7-10(12)19-11(17)18-8-3-5-9(6-4-8)20-13(14,15)16;/h3-6,10H,7H2,1-2H3,(H3,17,18,19);1H. The Bertz CT molecular complexity index is 514. The lowest BCUT2D eigenvalue weighted by Gasteiger charge is -2.10. The van der Waals surface area contributed by atoms with E-state index in [0.29, 0.717) is 5.69 Å². The van der Waals surface area contributed by atoms with E-state index in [1.807, 2.05) is 0 Å². The monoisotopic (exact) mass is 415 g/mol. The fourth-order valence-corrected chi connectivity index (χ4v) is 1.75. The maximum atomic E-state index is 12.0. The lowest BCUT2D eigenvalue weighted by atomic mass is 10.2. The molecule has 0 aromatic heterocycles. The summed E-state index contributed by atoms with van der Waals surface area (Å²) >= 11 is 0. The number of nitrogens with one attached hydrogen (secondary N) is 1. The van der Waals surface area contributed by atoms with Crippen molar-refractivity contribution in [3.8, 4) is 5.75 Å². The van der Waals surface area contributed by atoms with E-state index < -0.39 is 6.36 Å². The Morgan fingerprint density at radius 3 is 2.29 bits per heavy atom. The van der Waals surface area contributed by atoms with Gasteiger partial charge in [0.1, 0.15) is 5.75 Å². The van der Waals surface area contributed by atoms with Gasteiger partial charge in [-0.15, -0.1) is 37.1 Å². The summed E-state index contributed by atoms with van der Waals surface area (Å²) in [6, 6.07) is 5.51. The van der Waals surface area contributed by atoms with Crippen LogP contribution in [0.15, 0.2) is 29.3 Å². The average Bonchev–Trinajstić information content (AvgIpc) is 2.86. The van der Waals surface area contributed by atoms with Crippen LogP contribution >= 0.6 is 24.0 Å². The predicted molar refractivity (Wildman–Crippen MR) is 86.0 cm³/mol. The Kier molecular flexibility index (Phi) is 5.35. The summed E-state index contributed by atoms with van der Waals surface area (Å²) in [4.78, 5) is 4.29. The van der Waals surface area contributed by atoms with Crippen LogP contribution in [0.2, 0.25) is 0 Å². The Balaban J connectivity index is 0.00000220. The van der Waals surface area contributed by atoms with Gasteiger partial charge in [0.25, 0.3) is 0 Å². The molecule has 1 fully saturated rings. The van der Waals surface area contributed by atoms with Crippen molar-refractivity contribution < 1.29 is 17.9 Å². The normalized spacial score (nSPS) is 20.4. The first-order chi connectivity index (χ1) is 9.16. The van der Waals surface area contributed by atoms with Crippen molar-refractivity contribution in [3.63, 3.8) is 0 Å². The molecule has 4 nitrogen and oxygen atoms in total. The smallest absolute Gasteiger partial charge is 0.406 e. The van der Waals surface area contributed by atoms with Crippen molar-refractivity contribution >= 4 is 35.6 Å². The number of benzene rings is 1. The number of halogens is 4. The second-order valence-electron chi connectivity index (χ2n) is 5.42. The van der Waals surface area contributed by atoms with Crippen LogP contribution in [0.4, 0.5) is 18.9 Å². The molecule has 21 heavy (non-hydrogen) atoms. The lowest BCUT2D eigenvalue weighted by Crippen LogP contribution is -2.23. The molecule has 0 bridgehead atoms. The van der Waals surface area contributed by atoms with Crippen LogP contribution in [0.1, 0.15) is 20.3 Å². The van der Waals surface area contributed by atoms with Gasteiger partial charge < -0.3 is 15.8 Å². The quantitative estimate of drug-likeness (QED) is 0.450. The first-order valence-electron chi connectivity index (χ1n) is 6.12. The fraction of sp³-hybridized carbons (Fsp3) is 0.462. The molecule has 8 heteroatoms. The summed E-state index contributed by atoms with van der Waals surface area (Å²) in [7, 11) is 0. The van der Waals surface area contributed by atoms with Gasteiger partial charge in [0.2, 0.25) is 0 Å². The molecule has 0 amide bonds. The highest BCUT2D eigenvalue weighted by Crippen LogP contribution is 2.47. The average molecular weight is 415 g/mol. The molecule has 2 rings (SSSR count). The summed E-state index contributed by atoms with van der Waals surface area (Å²) < 4.78 is 39.8. The van der Waals surface area contributed by atoms with Gasteiger partial charge in [-0.1, -0.05) is 13.8 Å². The maximum absolute atomic E-state index is 12.0. The summed E-state index contributed by atoms with van der Waals surface area (Å²) in [5.41, 5.74) is 6.47. The Morgan fingerprint density at radius 1 is 1.33 bits per heavy atom. The minimum absolute atomic E-state index is 0. The molecule has 1 aliphatic rings. The molecule has 3 N–H and O–H groups in total. The number of nitrogens with two attached hydrogens (primary N) is 1. The van der Waals surface area contributed by atoms with Crippen LogP contribution in [0.3, 0.4) is 0 Å². The largest absolute Gasteiger partial charge is 0.573 e. The number of hydrogen-bond acceptors (Lipinski definition) is 2. The number of anilines is 1. The van der Waals surface area contributed by atoms with Gasteiger partial charge >= 0.3 is 6.36 Å². The second-order valence-corrected chi connectivity index (χ2v) is 5.42. The van der Waals surface area contributed by atoms with Gasteiger partial charge in [0, 0.05) is 5.69 Å². The third-order valence-corrected chi connectivity index (χ3v) is 3.12. The van der Waals surface area contributed by atoms with E-state index >= 15 is 0 Å². The van der Waals surface area contributed by atoms with Crippen molar-refractivity contribution in [2.75, 3.05) is 5.32 Å².